The summed E-state index contributed by atoms with van der Waals surface area (Å²) in [5.74, 6) is -0.132. The van der Waals surface area contributed by atoms with Crippen molar-refractivity contribution in [2.75, 3.05) is 0 Å². The molecule has 5 rings (SSSR count). The number of nitrogens with zero attached hydrogens (tertiary/aromatic N) is 2. The number of halogens is 3. The molecular weight excluding hydrogens is 453 g/mol. The lowest BCUT2D eigenvalue weighted by molar-refractivity contribution is 0.0730. The zero-order valence-electron chi connectivity index (χ0n) is 16.1. The molecule has 0 radical (unpaired) electrons. The van der Waals surface area contributed by atoms with E-state index < -0.39 is 0 Å². The molecule has 0 saturated carbocycles. The van der Waals surface area contributed by atoms with E-state index in [9.17, 15) is 4.79 Å². The number of hydrogen-bond acceptors (Lipinski definition) is 2. The van der Waals surface area contributed by atoms with Gasteiger partial charge in [0, 0.05) is 32.7 Å². The Morgan fingerprint density at radius 3 is 2.42 bits per heavy atom. The number of aromatic amines is 1. The first kappa shape index (κ1) is 20.1. The van der Waals surface area contributed by atoms with Gasteiger partial charge in [-0.3, -0.25) is 9.89 Å². The van der Waals surface area contributed by atoms with Crippen molar-refractivity contribution in [1.29, 1.82) is 0 Å². The standard InChI is InChI=1S/C24H16Cl3N3O/c25-17-10-8-14(9-11-17)21-20-22(29-28-21)24(31)30(13-16-4-1-2-7-19(16)27)23(20)15-5-3-6-18(26)12-15/h1-12,23H,13H2,(H,28,29). The molecule has 1 atom stereocenters. The average molecular weight is 469 g/mol. The monoisotopic (exact) mass is 467 g/mol. The van der Waals surface area contributed by atoms with E-state index in [-0.39, 0.29) is 11.9 Å². The molecule has 4 aromatic rings. The van der Waals surface area contributed by atoms with Crippen molar-refractivity contribution in [2.24, 2.45) is 0 Å². The minimum absolute atomic E-state index is 0.132. The Hall–Kier alpha value is -2.79. The first-order valence-electron chi connectivity index (χ1n) is 9.67. The lowest BCUT2D eigenvalue weighted by Gasteiger charge is -2.27. The first-order chi connectivity index (χ1) is 15.0. The topological polar surface area (TPSA) is 49.0 Å². The van der Waals surface area contributed by atoms with Gasteiger partial charge < -0.3 is 4.90 Å². The maximum absolute atomic E-state index is 13.4. The lowest BCUT2D eigenvalue weighted by Crippen LogP contribution is -2.29. The third-order valence-corrected chi connectivity index (χ3v) is 6.30. The molecule has 0 aliphatic carbocycles. The molecule has 1 N–H and O–H groups in total. The summed E-state index contributed by atoms with van der Waals surface area (Å²) < 4.78 is 0. The molecule has 3 aromatic carbocycles. The highest BCUT2D eigenvalue weighted by molar-refractivity contribution is 6.31. The fraction of sp³-hybridized carbons (Fsp3) is 0.0833. The lowest BCUT2D eigenvalue weighted by atomic mass is 9.96. The SMILES string of the molecule is O=C1c2[nH]nc(-c3ccc(Cl)cc3)c2C(c2cccc(Cl)c2)N1Cc1ccccc1Cl. The van der Waals surface area contributed by atoms with Crippen LogP contribution >= 0.6 is 34.8 Å². The fourth-order valence-electron chi connectivity index (χ4n) is 4.02. The molecule has 2 heterocycles. The van der Waals surface area contributed by atoms with Crippen LogP contribution in [0, 0.1) is 0 Å². The molecule has 1 aliphatic rings. The second kappa shape index (κ2) is 8.04. The van der Waals surface area contributed by atoms with Gasteiger partial charge in [-0.2, -0.15) is 5.10 Å². The largest absolute Gasteiger partial charge is 0.322 e. The number of nitrogens with one attached hydrogen (secondary N) is 1. The summed E-state index contributed by atoms with van der Waals surface area (Å²) in [5, 5.41) is 9.28. The van der Waals surface area contributed by atoms with Crippen LogP contribution in [0.2, 0.25) is 15.1 Å². The Balaban J connectivity index is 1.66. The molecule has 1 unspecified atom stereocenters. The Morgan fingerprint density at radius 1 is 0.903 bits per heavy atom. The maximum atomic E-state index is 13.4. The molecule has 1 aromatic heterocycles. The number of fused-ring (bicyclic) bond motifs is 1. The number of carbonyl (C=O) groups excluding carboxylic acids is 1. The summed E-state index contributed by atoms with van der Waals surface area (Å²) in [7, 11) is 0. The quantitative estimate of drug-likeness (QED) is 0.359. The van der Waals surface area contributed by atoms with Crippen molar-refractivity contribution < 1.29 is 4.79 Å². The molecule has 1 aliphatic heterocycles. The molecule has 154 valence electrons. The maximum Gasteiger partial charge on any atom is 0.273 e. The molecule has 0 spiro atoms. The van der Waals surface area contributed by atoms with E-state index in [0.717, 1.165) is 22.3 Å². The van der Waals surface area contributed by atoms with Gasteiger partial charge in [0.15, 0.2) is 0 Å². The van der Waals surface area contributed by atoms with E-state index in [0.29, 0.717) is 33.0 Å². The van der Waals surface area contributed by atoms with Gasteiger partial charge >= 0.3 is 0 Å². The summed E-state index contributed by atoms with van der Waals surface area (Å²) in [5.41, 5.74) is 4.66. The average Bonchev–Trinajstić information content (AvgIpc) is 3.30. The van der Waals surface area contributed by atoms with Gasteiger partial charge in [0.25, 0.3) is 5.91 Å². The third-order valence-electron chi connectivity index (χ3n) is 5.44. The molecular formula is C24H16Cl3N3O. The van der Waals surface area contributed by atoms with Gasteiger partial charge in [0.05, 0.1) is 11.7 Å². The summed E-state index contributed by atoms with van der Waals surface area (Å²) in [4.78, 5) is 15.2. The van der Waals surface area contributed by atoms with Crippen molar-refractivity contribution in [3.63, 3.8) is 0 Å². The second-order valence-electron chi connectivity index (χ2n) is 7.35. The van der Waals surface area contributed by atoms with E-state index >= 15 is 0 Å². The van der Waals surface area contributed by atoms with E-state index in [1.165, 1.54) is 0 Å². The van der Waals surface area contributed by atoms with Crippen LogP contribution in [0.1, 0.15) is 33.2 Å². The van der Waals surface area contributed by atoms with Gasteiger partial charge in [-0.05, 0) is 41.5 Å². The molecule has 4 nitrogen and oxygen atoms in total. The van der Waals surface area contributed by atoms with E-state index in [1.54, 1.807) is 4.90 Å². The number of H-pyrrole nitrogens is 1. The number of carbonyl (C=O) groups is 1. The zero-order chi connectivity index (χ0) is 21.5. The number of aromatic nitrogens is 2. The Bertz CT molecular complexity index is 1280. The highest BCUT2D eigenvalue weighted by atomic mass is 35.5. The van der Waals surface area contributed by atoms with Gasteiger partial charge in [-0.1, -0.05) is 77.3 Å². The highest BCUT2D eigenvalue weighted by Crippen LogP contribution is 2.44. The van der Waals surface area contributed by atoms with Crippen molar-refractivity contribution in [3.05, 3.63) is 110 Å². The van der Waals surface area contributed by atoms with Crippen LogP contribution < -0.4 is 0 Å². The molecule has 1 amide bonds. The number of benzene rings is 3. The highest BCUT2D eigenvalue weighted by Gasteiger charge is 2.42. The first-order valence-corrected chi connectivity index (χ1v) is 10.8. The minimum atomic E-state index is -0.359. The van der Waals surface area contributed by atoms with Crippen LogP contribution in [0.4, 0.5) is 0 Å². The van der Waals surface area contributed by atoms with Gasteiger partial charge in [0.1, 0.15) is 5.69 Å². The van der Waals surface area contributed by atoms with Crippen LogP contribution in [-0.4, -0.2) is 21.0 Å². The van der Waals surface area contributed by atoms with E-state index in [4.69, 9.17) is 34.8 Å². The Labute approximate surface area is 194 Å². The van der Waals surface area contributed by atoms with Crippen LogP contribution in [0.25, 0.3) is 11.3 Å². The van der Waals surface area contributed by atoms with Crippen molar-refractivity contribution in [2.45, 2.75) is 12.6 Å². The molecule has 31 heavy (non-hydrogen) atoms. The molecule has 0 fully saturated rings. The second-order valence-corrected chi connectivity index (χ2v) is 8.63. The fourth-order valence-corrected chi connectivity index (χ4v) is 4.54. The van der Waals surface area contributed by atoms with Crippen LogP contribution in [-0.2, 0) is 6.54 Å². The minimum Gasteiger partial charge on any atom is -0.322 e. The summed E-state index contributed by atoms with van der Waals surface area (Å²) in [6.45, 7) is 0.359. The molecule has 7 heteroatoms. The number of hydrogen-bond donors (Lipinski definition) is 1. The smallest absolute Gasteiger partial charge is 0.273 e. The molecule has 0 saturated heterocycles. The van der Waals surface area contributed by atoms with Crippen LogP contribution in [0.5, 0.6) is 0 Å². The van der Waals surface area contributed by atoms with Crippen molar-refractivity contribution in [3.8, 4) is 11.3 Å². The van der Waals surface area contributed by atoms with Gasteiger partial charge in [-0.15, -0.1) is 0 Å². The van der Waals surface area contributed by atoms with E-state index in [1.807, 2.05) is 72.8 Å². The third kappa shape index (κ3) is 3.61. The van der Waals surface area contributed by atoms with Crippen LogP contribution in [0.3, 0.4) is 0 Å². The normalized spacial score (nSPS) is 15.4. The van der Waals surface area contributed by atoms with Gasteiger partial charge in [-0.25, -0.2) is 0 Å². The number of rotatable bonds is 4. The summed E-state index contributed by atoms with van der Waals surface area (Å²) in [6, 6.07) is 22.1. The van der Waals surface area contributed by atoms with Crippen LogP contribution in [0.15, 0.2) is 72.8 Å². The Morgan fingerprint density at radius 2 is 1.68 bits per heavy atom. The summed E-state index contributed by atoms with van der Waals surface area (Å²) in [6.07, 6.45) is 0. The Kier molecular flexibility index (Phi) is 5.22. The van der Waals surface area contributed by atoms with Crippen molar-refractivity contribution >= 4 is 40.7 Å². The van der Waals surface area contributed by atoms with Gasteiger partial charge in [0.2, 0.25) is 0 Å². The number of amides is 1. The predicted molar refractivity (Wildman–Crippen MR) is 124 cm³/mol. The predicted octanol–water partition coefficient (Wildman–Crippen LogP) is 6.78. The van der Waals surface area contributed by atoms with Crippen molar-refractivity contribution in [1.82, 2.24) is 15.1 Å². The molecule has 0 bridgehead atoms. The summed E-state index contributed by atoms with van der Waals surface area (Å²) >= 11 is 18.8. The van der Waals surface area contributed by atoms with E-state index in [2.05, 4.69) is 10.2 Å². The zero-order valence-corrected chi connectivity index (χ0v) is 18.4.